The van der Waals surface area contributed by atoms with Gasteiger partial charge in [-0.2, -0.15) is 0 Å². The van der Waals surface area contributed by atoms with Crippen LogP contribution in [0.5, 0.6) is 0 Å². The van der Waals surface area contributed by atoms with Crippen molar-refractivity contribution in [2.45, 2.75) is 77.0 Å². The minimum atomic E-state index is 0.0875. The lowest BCUT2D eigenvalue weighted by Crippen LogP contribution is -2.25. The molecule has 0 nitrogen and oxygen atoms in total. The van der Waals surface area contributed by atoms with Crippen molar-refractivity contribution >= 4 is 79.6 Å². The van der Waals surface area contributed by atoms with Gasteiger partial charge in [0, 0.05) is 28.6 Å². The Hall–Kier alpha value is -1.50. The summed E-state index contributed by atoms with van der Waals surface area (Å²) in [6, 6.07) is 26.6. The van der Waals surface area contributed by atoms with Crippen molar-refractivity contribution in [3.63, 3.8) is 0 Å². The summed E-state index contributed by atoms with van der Waals surface area (Å²) in [6.45, 7) is 15.4. The summed E-state index contributed by atoms with van der Waals surface area (Å²) < 4.78 is 4.64. The van der Waals surface area contributed by atoms with Crippen LogP contribution in [0.4, 0.5) is 0 Å². The second-order valence-corrected chi connectivity index (χ2v) is 16.2. The number of allylic oxidation sites excluding steroid dienone is 3. The lowest BCUT2D eigenvalue weighted by atomic mass is 9.71. The minimum Gasteiger partial charge on any atom is -0.103 e. The first-order valence-electron chi connectivity index (χ1n) is 16.8. The molecule has 0 saturated heterocycles. The summed E-state index contributed by atoms with van der Waals surface area (Å²) in [4.78, 5) is 0. The Bertz CT molecular complexity index is 1550. The van der Waals surface area contributed by atoms with Gasteiger partial charge in [-0.25, -0.2) is 0 Å². The standard InChI is InChI=1S/C23H24Br2.C13H8Br2.C5H9Br.C2H6/c1-3-5-7-13-23(14-8-6-4-2)21-15-17(24)9-11-19(21)20-12-10-18(25)16-22(20)23;14-10-1-3-12-8(6-10)5-9-7-11(15)2-4-13(9)12;1-2-3-4-5-6;1-2/h3-4,9-12,15-16H,1-2,5-8,13-14H2;1-4,6-7H,5H2;2H,1,3-5H2;1-2H3. The van der Waals surface area contributed by atoms with Crippen molar-refractivity contribution in [2.75, 3.05) is 5.33 Å². The topological polar surface area (TPSA) is 0 Å². The summed E-state index contributed by atoms with van der Waals surface area (Å²) >= 11 is 17.7. The smallest absolute Gasteiger partial charge is 0.0216 e. The minimum absolute atomic E-state index is 0.0875. The molecule has 2 aliphatic carbocycles. The van der Waals surface area contributed by atoms with Gasteiger partial charge in [-0.3, -0.25) is 0 Å². The van der Waals surface area contributed by atoms with E-state index in [1.54, 1.807) is 0 Å². The van der Waals surface area contributed by atoms with Crippen LogP contribution >= 0.6 is 79.6 Å². The van der Waals surface area contributed by atoms with Crippen LogP contribution < -0.4 is 0 Å². The Labute approximate surface area is 332 Å². The second kappa shape index (κ2) is 21.0. The summed E-state index contributed by atoms with van der Waals surface area (Å²) in [5.41, 5.74) is 11.4. The van der Waals surface area contributed by atoms with Crippen LogP contribution in [0.1, 0.15) is 87.5 Å². The number of hydrogen-bond donors (Lipinski definition) is 0. The Balaban J connectivity index is 0.000000229. The number of rotatable bonds is 11. The molecule has 0 unspecified atom stereocenters. The molecule has 0 radical (unpaired) electrons. The number of unbranched alkanes of at least 4 members (excludes halogenated alkanes) is 3. The van der Waals surface area contributed by atoms with Gasteiger partial charge in [0.2, 0.25) is 0 Å². The molecular formula is C43H47Br5. The summed E-state index contributed by atoms with van der Waals surface area (Å²) in [7, 11) is 0. The monoisotopic (exact) mass is 958 g/mol. The number of alkyl halides is 1. The predicted octanol–water partition coefficient (Wildman–Crippen LogP) is 16.3. The lowest BCUT2D eigenvalue weighted by molar-refractivity contribution is 0.422. The van der Waals surface area contributed by atoms with E-state index in [1.807, 2.05) is 32.1 Å². The Morgan fingerprint density at radius 1 is 0.542 bits per heavy atom. The van der Waals surface area contributed by atoms with E-state index in [1.165, 1.54) is 50.9 Å². The Morgan fingerprint density at radius 3 is 1.25 bits per heavy atom. The highest BCUT2D eigenvalue weighted by Gasteiger charge is 2.42. The quantitative estimate of drug-likeness (QED) is 0.0703. The predicted molar refractivity (Wildman–Crippen MR) is 231 cm³/mol. The number of benzene rings is 4. The molecule has 0 amide bonds. The molecule has 254 valence electrons. The zero-order valence-electron chi connectivity index (χ0n) is 28.2. The van der Waals surface area contributed by atoms with Crippen molar-refractivity contribution in [2.24, 2.45) is 0 Å². The van der Waals surface area contributed by atoms with Crippen molar-refractivity contribution in [1.29, 1.82) is 0 Å². The third-order valence-electron chi connectivity index (χ3n) is 8.66. The summed E-state index contributed by atoms with van der Waals surface area (Å²) in [5, 5.41) is 1.10. The van der Waals surface area contributed by atoms with Crippen LogP contribution in [0.2, 0.25) is 0 Å². The molecular weight excluding hydrogens is 916 g/mol. The third kappa shape index (κ3) is 10.5. The number of fused-ring (bicyclic) bond motifs is 6. The summed E-state index contributed by atoms with van der Waals surface area (Å²) in [6.07, 6.45) is 16.2. The SMILES string of the molecule is Brc1ccc2c(c1)Cc1cc(Br)ccc1-2.C=CCCCBr.C=CCCCC1(CCCC=C)c2cc(Br)ccc2-c2ccc(Br)cc21.CC. The van der Waals surface area contributed by atoms with Gasteiger partial charge in [0.05, 0.1) is 0 Å². The molecule has 2 aliphatic rings. The molecule has 0 N–H and O–H groups in total. The highest BCUT2D eigenvalue weighted by atomic mass is 79.9. The van der Waals surface area contributed by atoms with E-state index in [2.05, 4.69) is 172 Å². The molecule has 4 aromatic carbocycles. The molecule has 48 heavy (non-hydrogen) atoms. The summed E-state index contributed by atoms with van der Waals surface area (Å²) in [5.74, 6) is 0. The van der Waals surface area contributed by atoms with Crippen molar-refractivity contribution in [1.82, 2.24) is 0 Å². The van der Waals surface area contributed by atoms with E-state index in [0.29, 0.717) is 0 Å². The van der Waals surface area contributed by atoms with Gasteiger partial charge in [0.1, 0.15) is 0 Å². The number of hydrogen-bond acceptors (Lipinski definition) is 0. The fourth-order valence-corrected chi connectivity index (χ4v) is 8.43. The zero-order chi connectivity index (χ0) is 35.1. The van der Waals surface area contributed by atoms with Gasteiger partial charge in [-0.15, -0.1) is 19.7 Å². The number of halogens is 5. The first-order chi connectivity index (χ1) is 23.3. The highest BCUT2D eigenvalue weighted by molar-refractivity contribution is 9.11. The molecule has 0 atom stereocenters. The molecule has 6 rings (SSSR count). The Kier molecular flexibility index (Phi) is 17.9. The van der Waals surface area contributed by atoms with Crippen LogP contribution in [-0.2, 0) is 11.8 Å². The molecule has 0 bridgehead atoms. The van der Waals surface area contributed by atoms with Crippen molar-refractivity contribution in [3.05, 3.63) is 151 Å². The molecule has 0 fully saturated rings. The van der Waals surface area contributed by atoms with Crippen LogP contribution in [-0.4, -0.2) is 5.33 Å². The van der Waals surface area contributed by atoms with E-state index in [0.717, 1.165) is 74.6 Å². The maximum Gasteiger partial charge on any atom is 0.0216 e. The first-order valence-corrected chi connectivity index (χ1v) is 21.1. The van der Waals surface area contributed by atoms with E-state index in [-0.39, 0.29) is 5.41 Å². The lowest BCUT2D eigenvalue weighted by Gasteiger charge is -2.33. The third-order valence-corrected chi connectivity index (χ3v) is 11.2. The molecule has 0 aliphatic heterocycles. The van der Waals surface area contributed by atoms with Crippen LogP contribution in [0.25, 0.3) is 22.3 Å². The van der Waals surface area contributed by atoms with Gasteiger partial charge >= 0.3 is 0 Å². The largest absolute Gasteiger partial charge is 0.103 e. The van der Waals surface area contributed by atoms with Crippen LogP contribution in [0.3, 0.4) is 0 Å². The highest BCUT2D eigenvalue weighted by Crippen LogP contribution is 2.55. The van der Waals surface area contributed by atoms with E-state index < -0.39 is 0 Å². The van der Waals surface area contributed by atoms with Crippen molar-refractivity contribution in [3.8, 4) is 22.3 Å². The first kappa shape index (κ1) is 40.9. The van der Waals surface area contributed by atoms with E-state index >= 15 is 0 Å². The van der Waals surface area contributed by atoms with E-state index in [4.69, 9.17) is 0 Å². The average Bonchev–Trinajstić information content (AvgIpc) is 3.56. The van der Waals surface area contributed by atoms with Gasteiger partial charge in [0.15, 0.2) is 0 Å². The molecule has 0 aromatic heterocycles. The molecule has 0 heterocycles. The van der Waals surface area contributed by atoms with Crippen molar-refractivity contribution < 1.29 is 0 Å². The molecule has 0 spiro atoms. The fraction of sp³-hybridized carbons (Fsp3) is 0.302. The van der Waals surface area contributed by atoms with Gasteiger partial charge in [-0.05, 0) is 151 Å². The Morgan fingerprint density at radius 2 is 0.896 bits per heavy atom. The molecule has 0 saturated carbocycles. The van der Waals surface area contributed by atoms with E-state index in [9.17, 15) is 0 Å². The fourth-order valence-electron chi connectivity index (χ4n) is 6.57. The average molecular weight is 963 g/mol. The molecule has 5 heteroatoms. The van der Waals surface area contributed by atoms with Crippen LogP contribution in [0, 0.1) is 0 Å². The maximum atomic E-state index is 3.91. The molecule has 4 aromatic rings. The van der Waals surface area contributed by atoms with Gasteiger partial charge in [0.25, 0.3) is 0 Å². The van der Waals surface area contributed by atoms with Gasteiger partial charge in [-0.1, -0.05) is 136 Å². The second-order valence-electron chi connectivity index (χ2n) is 11.7. The maximum absolute atomic E-state index is 3.91. The normalized spacial score (nSPS) is 12.3. The van der Waals surface area contributed by atoms with Gasteiger partial charge < -0.3 is 0 Å². The van der Waals surface area contributed by atoms with Crippen LogP contribution in [0.15, 0.2) is 129 Å². The zero-order valence-corrected chi connectivity index (χ0v) is 36.2.